The van der Waals surface area contributed by atoms with Gasteiger partial charge < -0.3 is 15.1 Å². The second-order valence-corrected chi connectivity index (χ2v) is 9.10. The van der Waals surface area contributed by atoms with E-state index in [1.54, 1.807) is 24.8 Å². The van der Waals surface area contributed by atoms with Crippen LogP contribution in [-0.2, 0) is 24.1 Å². The first-order valence-electron chi connectivity index (χ1n) is 10.3. The summed E-state index contributed by atoms with van der Waals surface area (Å²) in [5, 5.41) is 20.4. The van der Waals surface area contributed by atoms with Crippen LogP contribution in [0.1, 0.15) is 55.5 Å². The molecule has 1 heterocycles. The summed E-state index contributed by atoms with van der Waals surface area (Å²) in [6.07, 6.45) is 1.71. The molecule has 0 radical (unpaired) electrons. The molecule has 2 aromatic carbocycles. The number of nitrogens with zero attached hydrogens (tertiary/aromatic N) is 1. The van der Waals surface area contributed by atoms with Gasteiger partial charge in [-0.3, -0.25) is 4.79 Å². The first kappa shape index (κ1) is 22.7. The molecule has 30 heavy (non-hydrogen) atoms. The second-order valence-electron chi connectivity index (χ2n) is 8.69. The Kier molecular flexibility index (Phi) is 6.85. The molecule has 2 aromatic rings. The molecule has 6 heteroatoms. The number of rotatable bonds is 6. The van der Waals surface area contributed by atoms with Crippen LogP contribution >= 0.6 is 11.6 Å². The molecule has 0 saturated heterocycles. The Labute approximate surface area is 182 Å². The summed E-state index contributed by atoms with van der Waals surface area (Å²) in [5.74, 6) is -0.767. The minimum atomic E-state index is -0.763. The molecule has 0 saturated carbocycles. The molecule has 1 aliphatic rings. The highest BCUT2D eigenvalue weighted by Crippen LogP contribution is 2.36. The monoisotopic (exact) mass is 433 g/mol. The zero-order valence-electron chi connectivity index (χ0n) is 17.7. The zero-order chi connectivity index (χ0) is 22.1. The van der Waals surface area contributed by atoms with Gasteiger partial charge in [0.25, 0.3) is 0 Å². The summed E-state index contributed by atoms with van der Waals surface area (Å²) in [7, 11) is 0. The van der Waals surface area contributed by atoms with Crippen LogP contribution in [0.15, 0.2) is 36.4 Å². The molecule has 4 nitrogen and oxygen atoms in total. The molecule has 0 fully saturated rings. The van der Waals surface area contributed by atoms with Crippen molar-refractivity contribution in [2.75, 3.05) is 6.61 Å². The third kappa shape index (κ3) is 4.85. The smallest absolute Gasteiger partial charge is 0.228 e. The van der Waals surface area contributed by atoms with Crippen molar-refractivity contribution in [3.05, 3.63) is 69.5 Å². The Morgan fingerprint density at radius 3 is 2.60 bits per heavy atom. The minimum Gasteiger partial charge on any atom is -0.394 e. The molecule has 2 N–H and O–H groups in total. The first-order valence-corrected chi connectivity index (χ1v) is 10.7. The zero-order valence-corrected chi connectivity index (χ0v) is 18.4. The Hall–Kier alpha value is -1.95. The Morgan fingerprint density at radius 2 is 1.97 bits per heavy atom. The molecular formula is C24H29ClFNO3. The fourth-order valence-electron chi connectivity index (χ4n) is 4.29. The van der Waals surface area contributed by atoms with E-state index in [4.69, 9.17) is 11.6 Å². The Bertz CT molecular complexity index is 905. The number of benzene rings is 2. The summed E-state index contributed by atoms with van der Waals surface area (Å²) >= 11 is 6.11. The molecule has 3 rings (SSSR count). The molecule has 0 unspecified atom stereocenters. The average Bonchev–Trinajstić information content (AvgIpc) is 2.68. The van der Waals surface area contributed by atoms with Gasteiger partial charge in [-0.2, -0.15) is 0 Å². The van der Waals surface area contributed by atoms with E-state index >= 15 is 0 Å². The number of hydrogen-bond acceptors (Lipinski definition) is 3. The fraction of sp³-hybridized carbons (Fsp3) is 0.458. The summed E-state index contributed by atoms with van der Waals surface area (Å²) < 4.78 is 14.2. The van der Waals surface area contributed by atoms with Crippen LogP contribution in [0.25, 0.3) is 0 Å². The van der Waals surface area contributed by atoms with E-state index in [2.05, 4.69) is 0 Å². The maximum absolute atomic E-state index is 14.2. The lowest BCUT2D eigenvalue weighted by atomic mass is 9.83. The maximum Gasteiger partial charge on any atom is 0.228 e. The molecule has 1 aliphatic heterocycles. The van der Waals surface area contributed by atoms with E-state index in [0.29, 0.717) is 12.8 Å². The Morgan fingerprint density at radius 1 is 1.27 bits per heavy atom. The van der Waals surface area contributed by atoms with Gasteiger partial charge in [0.2, 0.25) is 5.91 Å². The Balaban J connectivity index is 1.90. The number of aryl methyl sites for hydroxylation is 1. The molecule has 162 valence electrons. The van der Waals surface area contributed by atoms with Gasteiger partial charge in [-0.1, -0.05) is 35.9 Å². The standard InChI is InChI=1S/C24H29ClFNO3/c1-15-18-7-4-6-16(10-11-24(2,3)30)19(18)12-17(14-28)27(15)23(29)13-20-21(25)8-5-9-22(20)26/h4-9,15,17,28,30H,10-14H2,1-3H3/t15-,17+/m0/s1. The molecule has 0 aliphatic carbocycles. The summed E-state index contributed by atoms with van der Waals surface area (Å²) in [4.78, 5) is 14.8. The normalized spacial score (nSPS) is 19.0. The number of aliphatic hydroxyl groups is 2. The fourth-order valence-corrected chi connectivity index (χ4v) is 4.52. The van der Waals surface area contributed by atoms with Crippen molar-refractivity contribution in [1.29, 1.82) is 0 Å². The summed E-state index contributed by atoms with van der Waals surface area (Å²) in [6.45, 7) is 5.33. The van der Waals surface area contributed by atoms with Gasteiger partial charge in [0.05, 0.1) is 30.7 Å². The number of carbonyl (C=O) groups excluding carboxylic acids is 1. The van der Waals surface area contributed by atoms with E-state index in [9.17, 15) is 19.4 Å². The highest BCUT2D eigenvalue weighted by molar-refractivity contribution is 6.31. The molecule has 1 amide bonds. The lowest BCUT2D eigenvalue weighted by Gasteiger charge is -2.42. The maximum atomic E-state index is 14.2. The predicted molar refractivity (Wildman–Crippen MR) is 116 cm³/mol. The van der Waals surface area contributed by atoms with Crippen molar-refractivity contribution in [3.63, 3.8) is 0 Å². The van der Waals surface area contributed by atoms with Crippen molar-refractivity contribution in [2.45, 2.75) is 64.1 Å². The number of halogens is 2. The van der Waals surface area contributed by atoms with Gasteiger partial charge in [0, 0.05) is 10.6 Å². The van der Waals surface area contributed by atoms with E-state index in [1.807, 2.05) is 25.1 Å². The van der Waals surface area contributed by atoms with Gasteiger partial charge in [-0.25, -0.2) is 4.39 Å². The van der Waals surface area contributed by atoms with Crippen LogP contribution in [0.3, 0.4) is 0 Å². The quantitative estimate of drug-likeness (QED) is 0.716. The van der Waals surface area contributed by atoms with Crippen LogP contribution in [0.4, 0.5) is 4.39 Å². The van der Waals surface area contributed by atoms with E-state index in [0.717, 1.165) is 23.1 Å². The molecule has 0 aromatic heterocycles. The lowest BCUT2D eigenvalue weighted by molar-refractivity contribution is -0.137. The molecular weight excluding hydrogens is 405 g/mol. The summed E-state index contributed by atoms with van der Waals surface area (Å²) in [5.41, 5.74) is 2.70. The van der Waals surface area contributed by atoms with Crippen molar-refractivity contribution in [2.24, 2.45) is 0 Å². The molecule has 0 spiro atoms. The van der Waals surface area contributed by atoms with Crippen molar-refractivity contribution in [1.82, 2.24) is 4.90 Å². The number of fused-ring (bicyclic) bond motifs is 1. The van der Waals surface area contributed by atoms with Crippen LogP contribution in [-0.4, -0.2) is 39.3 Å². The van der Waals surface area contributed by atoms with Crippen LogP contribution in [0, 0.1) is 5.82 Å². The second kappa shape index (κ2) is 9.04. The van der Waals surface area contributed by atoms with E-state index in [1.165, 1.54) is 12.1 Å². The van der Waals surface area contributed by atoms with Gasteiger partial charge in [0.15, 0.2) is 0 Å². The number of hydrogen-bond donors (Lipinski definition) is 2. The highest BCUT2D eigenvalue weighted by Gasteiger charge is 2.36. The largest absolute Gasteiger partial charge is 0.394 e. The first-order chi connectivity index (χ1) is 14.1. The van der Waals surface area contributed by atoms with Crippen molar-refractivity contribution in [3.8, 4) is 0 Å². The van der Waals surface area contributed by atoms with Gasteiger partial charge in [-0.05, 0) is 68.9 Å². The molecule has 2 atom stereocenters. The summed E-state index contributed by atoms with van der Waals surface area (Å²) in [6, 6.07) is 9.73. The number of aliphatic hydroxyl groups excluding tert-OH is 1. The SMILES string of the molecule is C[C@H]1c2cccc(CCC(C)(C)O)c2C[C@H](CO)N1C(=O)Cc1c(F)cccc1Cl. The van der Waals surface area contributed by atoms with Crippen LogP contribution in [0.5, 0.6) is 0 Å². The lowest BCUT2D eigenvalue weighted by Crippen LogP contribution is -2.49. The van der Waals surface area contributed by atoms with Crippen molar-refractivity contribution >= 4 is 17.5 Å². The van der Waals surface area contributed by atoms with Gasteiger partial charge in [0.1, 0.15) is 5.82 Å². The average molecular weight is 434 g/mol. The third-order valence-electron chi connectivity index (χ3n) is 5.90. The van der Waals surface area contributed by atoms with Crippen molar-refractivity contribution < 1.29 is 19.4 Å². The molecule has 0 bridgehead atoms. The number of carbonyl (C=O) groups is 1. The number of amides is 1. The van der Waals surface area contributed by atoms with Gasteiger partial charge in [-0.15, -0.1) is 0 Å². The third-order valence-corrected chi connectivity index (χ3v) is 6.26. The predicted octanol–water partition coefficient (Wildman–Crippen LogP) is 4.23. The minimum absolute atomic E-state index is 0.153. The van der Waals surface area contributed by atoms with E-state index < -0.39 is 17.5 Å². The highest BCUT2D eigenvalue weighted by atomic mass is 35.5. The van der Waals surface area contributed by atoms with E-state index in [-0.39, 0.29) is 35.6 Å². The topological polar surface area (TPSA) is 60.8 Å². The van der Waals surface area contributed by atoms with Crippen LogP contribution < -0.4 is 0 Å². The van der Waals surface area contributed by atoms with Gasteiger partial charge >= 0.3 is 0 Å². The van der Waals surface area contributed by atoms with Crippen LogP contribution in [0.2, 0.25) is 5.02 Å².